The zero-order chi connectivity index (χ0) is 22.4. The van der Waals surface area contributed by atoms with Crippen LogP contribution < -0.4 is 11.1 Å². The molecule has 0 unspecified atom stereocenters. The van der Waals surface area contributed by atoms with E-state index in [1.807, 2.05) is 31.2 Å². The van der Waals surface area contributed by atoms with Crippen LogP contribution in [0.1, 0.15) is 16.1 Å². The van der Waals surface area contributed by atoms with Gasteiger partial charge in [0.15, 0.2) is 11.5 Å². The van der Waals surface area contributed by atoms with Crippen molar-refractivity contribution in [3.05, 3.63) is 78.0 Å². The van der Waals surface area contributed by atoms with Crippen molar-refractivity contribution in [2.45, 2.75) is 6.92 Å². The first-order valence-electron chi connectivity index (χ1n) is 9.98. The lowest BCUT2D eigenvalue weighted by molar-refractivity contribution is 0.0959. The van der Waals surface area contributed by atoms with E-state index in [-0.39, 0.29) is 23.2 Å². The van der Waals surface area contributed by atoms with Crippen LogP contribution in [0.5, 0.6) is 0 Å². The van der Waals surface area contributed by atoms with Gasteiger partial charge in [0, 0.05) is 36.0 Å². The molecule has 5 rings (SSSR count). The Kier molecular flexibility index (Phi) is 4.55. The van der Waals surface area contributed by atoms with Gasteiger partial charge in [-0.2, -0.15) is 0 Å². The topological polar surface area (TPSA) is 98.2 Å². The molecule has 0 saturated heterocycles. The fraction of sp³-hybridized carbons (Fsp3) is 0.0833. The summed E-state index contributed by atoms with van der Waals surface area (Å²) in [6, 6.07) is 13.9. The Morgan fingerprint density at radius 1 is 1.06 bits per heavy atom. The molecule has 0 aliphatic rings. The molecule has 3 heterocycles. The third-order valence-electron chi connectivity index (χ3n) is 5.44. The Balaban J connectivity index is 1.87. The summed E-state index contributed by atoms with van der Waals surface area (Å²) in [6.07, 6.45) is 3.41. The van der Waals surface area contributed by atoms with Crippen molar-refractivity contribution in [3.63, 3.8) is 0 Å². The minimum Gasteiger partial charge on any atom is -0.381 e. The first kappa shape index (κ1) is 19.6. The number of hydrogen-bond acceptors (Lipinski definition) is 5. The smallest absolute Gasteiger partial charge is 0.271 e. The van der Waals surface area contributed by atoms with Gasteiger partial charge in [0.2, 0.25) is 0 Å². The summed E-state index contributed by atoms with van der Waals surface area (Å²) in [6.45, 7) is 2.02. The number of halogens is 1. The molecule has 0 fully saturated rings. The van der Waals surface area contributed by atoms with Crippen LogP contribution in [0.4, 0.5) is 10.2 Å². The number of nitrogens with zero attached hydrogens (tertiary/aromatic N) is 4. The van der Waals surface area contributed by atoms with Gasteiger partial charge >= 0.3 is 0 Å². The lowest BCUT2D eigenvalue weighted by Crippen LogP contribution is -2.17. The van der Waals surface area contributed by atoms with Gasteiger partial charge in [-0.25, -0.2) is 14.4 Å². The van der Waals surface area contributed by atoms with Gasteiger partial charge in [0.05, 0.1) is 16.9 Å². The summed E-state index contributed by atoms with van der Waals surface area (Å²) in [4.78, 5) is 25.7. The molecule has 0 spiro atoms. The van der Waals surface area contributed by atoms with Gasteiger partial charge < -0.3 is 11.1 Å². The van der Waals surface area contributed by atoms with E-state index in [0.29, 0.717) is 22.6 Å². The first-order valence-corrected chi connectivity index (χ1v) is 9.98. The number of nitrogens with one attached hydrogen (secondary N) is 1. The Morgan fingerprint density at radius 2 is 1.81 bits per heavy atom. The third-order valence-corrected chi connectivity index (χ3v) is 5.44. The number of aromatic nitrogens is 4. The molecular formula is C24H19FN6O. The highest BCUT2D eigenvalue weighted by Crippen LogP contribution is 2.35. The van der Waals surface area contributed by atoms with Crippen LogP contribution in [0.25, 0.3) is 39.1 Å². The van der Waals surface area contributed by atoms with Crippen molar-refractivity contribution in [2.75, 3.05) is 12.8 Å². The van der Waals surface area contributed by atoms with Crippen molar-refractivity contribution in [1.82, 2.24) is 24.7 Å². The maximum atomic E-state index is 13.6. The SMILES string of the molecule is CNC(=O)c1cn2c(-c3ccc4nccc(C)c4c3)c(-c3ccc(F)cc3)nc(N)c2n1. The van der Waals surface area contributed by atoms with E-state index in [1.165, 1.54) is 19.2 Å². The molecule has 0 bridgehead atoms. The molecule has 7 nitrogen and oxygen atoms in total. The van der Waals surface area contributed by atoms with Crippen molar-refractivity contribution >= 4 is 28.3 Å². The molecule has 0 saturated carbocycles. The summed E-state index contributed by atoms with van der Waals surface area (Å²) in [5.41, 5.74) is 11.5. The zero-order valence-corrected chi connectivity index (χ0v) is 17.4. The quantitative estimate of drug-likeness (QED) is 0.454. The normalized spacial score (nSPS) is 11.2. The third kappa shape index (κ3) is 3.13. The second-order valence-electron chi connectivity index (χ2n) is 7.46. The number of rotatable bonds is 3. The fourth-order valence-corrected chi connectivity index (χ4v) is 3.82. The molecule has 0 aliphatic heterocycles. The van der Waals surface area contributed by atoms with Gasteiger partial charge in [-0.15, -0.1) is 0 Å². The molecular weight excluding hydrogens is 407 g/mol. The largest absolute Gasteiger partial charge is 0.381 e. The van der Waals surface area contributed by atoms with E-state index in [2.05, 4.69) is 20.3 Å². The highest BCUT2D eigenvalue weighted by Gasteiger charge is 2.20. The number of benzene rings is 2. The molecule has 0 atom stereocenters. The van der Waals surface area contributed by atoms with Crippen molar-refractivity contribution < 1.29 is 9.18 Å². The highest BCUT2D eigenvalue weighted by molar-refractivity contribution is 5.95. The maximum Gasteiger partial charge on any atom is 0.271 e. The molecule has 0 aliphatic carbocycles. The molecule has 5 aromatic rings. The average Bonchev–Trinajstić information content (AvgIpc) is 3.25. The molecule has 32 heavy (non-hydrogen) atoms. The lowest BCUT2D eigenvalue weighted by atomic mass is 10.0. The van der Waals surface area contributed by atoms with Crippen LogP contribution in [-0.4, -0.2) is 32.3 Å². The van der Waals surface area contributed by atoms with Crippen molar-refractivity contribution in [1.29, 1.82) is 0 Å². The van der Waals surface area contributed by atoms with Gasteiger partial charge in [-0.3, -0.25) is 14.2 Å². The van der Waals surface area contributed by atoms with E-state index < -0.39 is 0 Å². The summed E-state index contributed by atoms with van der Waals surface area (Å²) >= 11 is 0. The van der Waals surface area contributed by atoms with Crippen LogP contribution in [0.2, 0.25) is 0 Å². The standard InChI is InChI=1S/C24H19FN6O/c1-13-9-10-28-18-8-5-15(11-17(13)18)21-20(14-3-6-16(25)7-4-14)30-22(26)23-29-19(12-31(21)23)24(32)27-2/h3-12H,1-2H3,(H2,26,30)(H,27,32). The predicted molar refractivity (Wildman–Crippen MR) is 122 cm³/mol. The number of hydrogen-bond donors (Lipinski definition) is 2. The number of imidazole rings is 1. The van der Waals surface area contributed by atoms with Crippen molar-refractivity contribution in [3.8, 4) is 22.5 Å². The Bertz CT molecular complexity index is 1510. The minimum absolute atomic E-state index is 0.168. The summed E-state index contributed by atoms with van der Waals surface area (Å²) in [5, 5.41) is 3.57. The molecule has 2 aromatic carbocycles. The number of carbonyl (C=O) groups excluding carboxylic acids is 1. The second kappa shape index (κ2) is 7.42. The number of nitrogens with two attached hydrogens (primary N) is 1. The molecule has 0 radical (unpaired) electrons. The average molecular weight is 426 g/mol. The van der Waals surface area contributed by atoms with Crippen LogP contribution in [0.15, 0.2) is 60.9 Å². The lowest BCUT2D eigenvalue weighted by Gasteiger charge is -2.14. The molecule has 3 N–H and O–H groups in total. The second-order valence-corrected chi connectivity index (χ2v) is 7.46. The summed E-state index contributed by atoms with van der Waals surface area (Å²) < 4.78 is 15.4. The molecule has 1 amide bonds. The van der Waals surface area contributed by atoms with Gasteiger partial charge in [0.25, 0.3) is 5.91 Å². The van der Waals surface area contributed by atoms with E-state index in [0.717, 1.165) is 22.0 Å². The number of aryl methyl sites for hydroxylation is 1. The van der Waals surface area contributed by atoms with E-state index >= 15 is 0 Å². The number of anilines is 1. The first-order chi connectivity index (χ1) is 15.5. The Hall–Kier alpha value is -4.33. The number of amides is 1. The monoisotopic (exact) mass is 426 g/mol. The van der Waals surface area contributed by atoms with E-state index in [1.54, 1.807) is 28.9 Å². The molecule has 8 heteroatoms. The van der Waals surface area contributed by atoms with Crippen molar-refractivity contribution in [2.24, 2.45) is 0 Å². The van der Waals surface area contributed by atoms with Crippen LogP contribution >= 0.6 is 0 Å². The number of fused-ring (bicyclic) bond motifs is 2. The van der Waals surface area contributed by atoms with Crippen LogP contribution in [0, 0.1) is 12.7 Å². The fourth-order valence-electron chi connectivity index (χ4n) is 3.82. The predicted octanol–water partition coefficient (Wildman–Crippen LogP) is 4.00. The minimum atomic E-state index is -0.346. The molecule has 158 valence electrons. The summed E-state index contributed by atoms with van der Waals surface area (Å²) in [7, 11) is 1.54. The maximum absolute atomic E-state index is 13.6. The van der Waals surface area contributed by atoms with Gasteiger partial charge in [-0.05, 0) is 55.0 Å². The number of nitrogen functional groups attached to an aromatic ring is 1. The molecule has 3 aromatic heterocycles. The van der Waals surface area contributed by atoms with Crippen LogP contribution in [-0.2, 0) is 0 Å². The van der Waals surface area contributed by atoms with Crippen LogP contribution in [0.3, 0.4) is 0 Å². The van der Waals surface area contributed by atoms with E-state index in [4.69, 9.17) is 5.73 Å². The Labute approximate surface area is 182 Å². The zero-order valence-electron chi connectivity index (χ0n) is 17.4. The van der Waals surface area contributed by atoms with Gasteiger partial charge in [-0.1, -0.05) is 6.07 Å². The highest BCUT2D eigenvalue weighted by atomic mass is 19.1. The Morgan fingerprint density at radius 3 is 2.56 bits per heavy atom. The number of carbonyl (C=O) groups is 1. The van der Waals surface area contributed by atoms with E-state index in [9.17, 15) is 9.18 Å². The van der Waals surface area contributed by atoms with Gasteiger partial charge in [0.1, 0.15) is 11.5 Å². The summed E-state index contributed by atoms with van der Waals surface area (Å²) in [5.74, 6) is -0.510. The number of pyridine rings is 1.